The molecule has 0 spiro atoms. The average Bonchev–Trinajstić information content (AvgIpc) is 3.31. The van der Waals surface area contributed by atoms with E-state index >= 15 is 0 Å². The van der Waals surface area contributed by atoms with Crippen molar-refractivity contribution in [3.05, 3.63) is 47.6 Å². The van der Waals surface area contributed by atoms with Gasteiger partial charge in [-0.15, -0.1) is 11.3 Å². The Hall–Kier alpha value is -2.75. The first-order valence-corrected chi connectivity index (χ1v) is 12.1. The van der Waals surface area contributed by atoms with Crippen molar-refractivity contribution in [3.8, 4) is 17.0 Å². The molecule has 0 fully saturated rings. The lowest BCUT2D eigenvalue weighted by atomic mass is 10.1. The second-order valence-electron chi connectivity index (χ2n) is 7.39. The molecule has 9 heteroatoms. The zero-order valence-electron chi connectivity index (χ0n) is 17.9. The van der Waals surface area contributed by atoms with Crippen molar-refractivity contribution in [2.45, 2.75) is 45.2 Å². The topological polar surface area (TPSA) is 95.1 Å². The van der Waals surface area contributed by atoms with E-state index in [2.05, 4.69) is 40.0 Å². The van der Waals surface area contributed by atoms with Crippen LogP contribution >= 0.6 is 11.3 Å². The Balaban J connectivity index is 1.64. The smallest absolute Gasteiger partial charge is 0.187 e. The third-order valence-corrected chi connectivity index (χ3v) is 6.32. The van der Waals surface area contributed by atoms with Gasteiger partial charge in [-0.25, -0.2) is 19.3 Å². The van der Waals surface area contributed by atoms with Gasteiger partial charge in [-0.3, -0.25) is 0 Å². The Morgan fingerprint density at radius 3 is 2.74 bits per heavy atom. The number of thiazole rings is 1. The number of aromatic nitrogens is 3. The molecule has 3 N–H and O–H groups in total. The summed E-state index contributed by atoms with van der Waals surface area (Å²) in [6, 6.07) is 11.4. The number of rotatable bonds is 7. The van der Waals surface area contributed by atoms with E-state index in [-0.39, 0.29) is 6.10 Å². The summed E-state index contributed by atoms with van der Waals surface area (Å²) in [6.07, 6.45) is -0.000239. The van der Waals surface area contributed by atoms with Gasteiger partial charge in [0.1, 0.15) is 22.6 Å². The number of aryl methyl sites for hydroxylation is 2. The van der Waals surface area contributed by atoms with Crippen LogP contribution in [0.4, 0.5) is 10.8 Å². The molecular formula is C22H25N5O2S2. The summed E-state index contributed by atoms with van der Waals surface area (Å²) in [7, 11) is -1.58. The van der Waals surface area contributed by atoms with Gasteiger partial charge in [0.25, 0.3) is 0 Å². The van der Waals surface area contributed by atoms with E-state index in [0.29, 0.717) is 21.5 Å². The number of anilines is 2. The molecule has 0 saturated carbocycles. The number of nitrogens with two attached hydrogens (primary N) is 1. The maximum Gasteiger partial charge on any atom is 0.187 e. The molecule has 2 aromatic carbocycles. The molecule has 0 aliphatic rings. The van der Waals surface area contributed by atoms with E-state index < -0.39 is 11.0 Å². The van der Waals surface area contributed by atoms with E-state index in [4.69, 9.17) is 14.9 Å². The summed E-state index contributed by atoms with van der Waals surface area (Å²) in [5, 5.41) is 11.6. The number of nitrogens with one attached hydrogen (secondary N) is 1. The van der Waals surface area contributed by atoms with Gasteiger partial charge >= 0.3 is 0 Å². The average molecular weight is 456 g/mol. The highest BCUT2D eigenvalue weighted by Crippen LogP contribution is 2.34. The summed E-state index contributed by atoms with van der Waals surface area (Å²) in [4.78, 5) is 9.93. The van der Waals surface area contributed by atoms with Crippen molar-refractivity contribution < 1.29 is 8.95 Å². The molecule has 0 radical (unpaired) electrons. The zero-order valence-corrected chi connectivity index (χ0v) is 19.5. The summed E-state index contributed by atoms with van der Waals surface area (Å²) >= 11 is 1.49. The van der Waals surface area contributed by atoms with Crippen LogP contribution in [0.25, 0.3) is 22.3 Å². The van der Waals surface area contributed by atoms with Crippen LogP contribution in [0.5, 0.6) is 5.75 Å². The quantitative estimate of drug-likeness (QED) is 0.409. The molecule has 2 aromatic heterocycles. The van der Waals surface area contributed by atoms with Crippen LogP contribution < -0.4 is 15.2 Å². The number of imidazole rings is 1. The zero-order chi connectivity index (χ0) is 22.1. The van der Waals surface area contributed by atoms with Crippen LogP contribution in [-0.2, 0) is 17.5 Å². The molecule has 0 aliphatic heterocycles. The van der Waals surface area contributed by atoms with Gasteiger partial charge in [0, 0.05) is 17.5 Å². The Morgan fingerprint density at radius 2 is 2.03 bits per heavy atom. The fraction of sp³-hybridized carbons (Fsp3) is 0.273. The van der Waals surface area contributed by atoms with Crippen LogP contribution in [0, 0.1) is 6.92 Å². The third kappa shape index (κ3) is 4.48. The lowest BCUT2D eigenvalue weighted by Crippen LogP contribution is -2.09. The monoisotopic (exact) mass is 455 g/mol. The number of hydrogen-bond acceptors (Lipinski definition) is 6. The minimum Gasteiger partial charge on any atom is -0.489 e. The van der Waals surface area contributed by atoms with Gasteiger partial charge in [-0.05, 0) is 58.0 Å². The second kappa shape index (κ2) is 8.78. The van der Waals surface area contributed by atoms with E-state index in [1.807, 2.05) is 26.2 Å². The molecule has 0 bridgehead atoms. The predicted molar refractivity (Wildman–Crippen MR) is 127 cm³/mol. The molecule has 0 amide bonds. The van der Waals surface area contributed by atoms with Crippen molar-refractivity contribution in [1.29, 1.82) is 0 Å². The summed E-state index contributed by atoms with van der Waals surface area (Å²) in [5.41, 5.74) is 4.64. The van der Waals surface area contributed by atoms with Gasteiger partial charge in [-0.2, -0.15) is 0 Å². The van der Waals surface area contributed by atoms with Gasteiger partial charge in [0.2, 0.25) is 0 Å². The molecule has 4 rings (SSSR count). The standard InChI is InChI=1S/C22H25N5O2S2/c1-5-27-14(4)24-17-10-15(6-8-20(17)27)19-12-30-22(26-19)25-18-11-16(31(23)28)7-9-21(18)29-13(2)3/h6-13H,5,23H2,1-4H3,(H,25,26). The van der Waals surface area contributed by atoms with Gasteiger partial charge < -0.3 is 14.6 Å². The molecule has 1 atom stereocenters. The maximum atomic E-state index is 11.7. The first-order valence-electron chi connectivity index (χ1n) is 10.0. The minimum atomic E-state index is -1.58. The number of fused-ring (bicyclic) bond motifs is 1. The fourth-order valence-corrected chi connectivity index (χ4v) is 4.64. The van der Waals surface area contributed by atoms with Crippen LogP contribution in [0.15, 0.2) is 46.7 Å². The highest BCUT2D eigenvalue weighted by molar-refractivity contribution is 7.82. The normalized spacial score (nSPS) is 12.5. The minimum absolute atomic E-state index is 0.000239. The number of nitrogens with zero attached hydrogens (tertiary/aromatic N) is 3. The van der Waals surface area contributed by atoms with E-state index in [1.165, 1.54) is 11.3 Å². The summed E-state index contributed by atoms with van der Waals surface area (Å²) < 4.78 is 19.8. The van der Waals surface area contributed by atoms with Crippen LogP contribution in [-0.4, -0.2) is 24.8 Å². The predicted octanol–water partition coefficient (Wildman–Crippen LogP) is 5.00. The lowest BCUT2D eigenvalue weighted by molar-refractivity contribution is 0.243. The van der Waals surface area contributed by atoms with E-state index in [9.17, 15) is 4.21 Å². The summed E-state index contributed by atoms with van der Waals surface area (Å²) in [6.45, 7) is 8.94. The van der Waals surface area contributed by atoms with Crippen LogP contribution in [0.3, 0.4) is 0 Å². The molecule has 1 unspecified atom stereocenters. The third-order valence-electron chi connectivity index (χ3n) is 4.84. The van der Waals surface area contributed by atoms with Crippen LogP contribution in [0.2, 0.25) is 0 Å². The van der Waals surface area contributed by atoms with Crippen molar-refractivity contribution in [2.75, 3.05) is 5.32 Å². The van der Waals surface area contributed by atoms with Gasteiger partial charge in [-0.1, -0.05) is 6.07 Å². The number of hydrogen-bond donors (Lipinski definition) is 2. The molecule has 0 aliphatic carbocycles. The number of benzene rings is 2. The van der Waals surface area contributed by atoms with Gasteiger partial charge in [0.15, 0.2) is 5.13 Å². The van der Waals surface area contributed by atoms with Crippen LogP contribution in [0.1, 0.15) is 26.6 Å². The highest BCUT2D eigenvalue weighted by atomic mass is 32.2. The lowest BCUT2D eigenvalue weighted by Gasteiger charge is -2.15. The molecule has 2 heterocycles. The van der Waals surface area contributed by atoms with E-state index in [1.54, 1.807) is 18.2 Å². The van der Waals surface area contributed by atoms with Gasteiger partial charge in [0.05, 0.1) is 33.4 Å². The maximum absolute atomic E-state index is 11.7. The Labute approximate surface area is 187 Å². The molecule has 162 valence electrons. The van der Waals surface area contributed by atoms with Crippen molar-refractivity contribution in [2.24, 2.45) is 5.14 Å². The molecule has 0 saturated heterocycles. The number of ether oxygens (including phenoxy) is 1. The van der Waals surface area contributed by atoms with Crippen molar-refractivity contribution in [1.82, 2.24) is 14.5 Å². The summed E-state index contributed by atoms with van der Waals surface area (Å²) in [5.74, 6) is 1.66. The Kier molecular flexibility index (Phi) is 6.08. The molecular weight excluding hydrogens is 430 g/mol. The first kappa shape index (κ1) is 21.5. The molecule has 4 aromatic rings. The molecule has 31 heavy (non-hydrogen) atoms. The Morgan fingerprint density at radius 1 is 1.23 bits per heavy atom. The first-order chi connectivity index (χ1) is 14.9. The Bertz CT molecular complexity index is 1260. The van der Waals surface area contributed by atoms with E-state index in [0.717, 1.165) is 34.7 Å². The van der Waals surface area contributed by atoms with Crippen molar-refractivity contribution >= 4 is 44.2 Å². The SMILES string of the molecule is CCn1c(C)nc2cc(-c3csc(Nc4cc(S(N)=O)ccc4OC(C)C)n3)ccc21. The highest BCUT2D eigenvalue weighted by Gasteiger charge is 2.13. The van der Waals surface area contributed by atoms with Crippen molar-refractivity contribution in [3.63, 3.8) is 0 Å². The fourth-order valence-electron chi connectivity index (χ4n) is 3.48. The largest absolute Gasteiger partial charge is 0.489 e. The molecule has 7 nitrogen and oxygen atoms in total. The second-order valence-corrected chi connectivity index (χ2v) is 9.32.